The van der Waals surface area contributed by atoms with E-state index in [4.69, 9.17) is 0 Å². The molecule has 0 unspecified atom stereocenters. The minimum Gasteiger partial charge on any atom is -0.324 e. The molecule has 0 aliphatic carbocycles. The van der Waals surface area contributed by atoms with E-state index in [-0.39, 0.29) is 11.6 Å². The van der Waals surface area contributed by atoms with Gasteiger partial charge in [0.1, 0.15) is 0 Å². The fraction of sp³-hybridized carbons (Fsp3) is 0.120. The van der Waals surface area contributed by atoms with Gasteiger partial charge in [-0.1, -0.05) is 35.9 Å². The number of azo groups is 1. The molecule has 8 heteroatoms. The molecule has 0 saturated heterocycles. The first-order valence-corrected chi connectivity index (χ1v) is 10.1. The van der Waals surface area contributed by atoms with Gasteiger partial charge in [-0.15, -0.1) is 5.11 Å². The van der Waals surface area contributed by atoms with Crippen molar-refractivity contribution in [2.45, 2.75) is 20.0 Å². The molecule has 166 valence electrons. The first-order chi connectivity index (χ1) is 15.8. The quantitative estimate of drug-likeness (QED) is 0.316. The van der Waals surface area contributed by atoms with Gasteiger partial charge in [-0.2, -0.15) is 18.3 Å². The molecule has 0 atom stereocenters. The topological polar surface area (TPSA) is 62.5 Å². The van der Waals surface area contributed by atoms with E-state index in [9.17, 15) is 13.2 Å². The molecule has 4 rings (SSSR count). The Morgan fingerprint density at radius 2 is 1.58 bits per heavy atom. The molecule has 0 aliphatic rings. The van der Waals surface area contributed by atoms with Crippen LogP contribution >= 0.6 is 0 Å². The maximum Gasteiger partial charge on any atom is 0.418 e. The third-order valence-electron chi connectivity index (χ3n) is 4.80. The summed E-state index contributed by atoms with van der Waals surface area (Å²) in [4.78, 5) is 8.67. The zero-order chi connectivity index (χ0) is 23.4. The van der Waals surface area contributed by atoms with E-state index in [0.29, 0.717) is 17.1 Å². The second kappa shape index (κ2) is 9.20. The summed E-state index contributed by atoms with van der Waals surface area (Å²) in [6.45, 7) is 3.86. The van der Waals surface area contributed by atoms with Crippen LogP contribution in [0.3, 0.4) is 0 Å². The molecule has 0 bridgehead atoms. The molecular weight excluding hydrogens is 427 g/mol. The summed E-state index contributed by atoms with van der Waals surface area (Å²) in [5, 5.41) is 10.8. The maximum atomic E-state index is 13.5. The zero-order valence-corrected chi connectivity index (χ0v) is 17.9. The van der Waals surface area contributed by atoms with Gasteiger partial charge in [0.25, 0.3) is 0 Å². The van der Waals surface area contributed by atoms with Crippen LogP contribution in [0, 0.1) is 13.8 Å². The normalized spacial score (nSPS) is 11.7. The van der Waals surface area contributed by atoms with Crippen LogP contribution in [0.4, 0.5) is 36.2 Å². The molecule has 5 nitrogen and oxygen atoms in total. The smallest absolute Gasteiger partial charge is 0.324 e. The van der Waals surface area contributed by atoms with Crippen molar-refractivity contribution in [2.24, 2.45) is 10.2 Å². The summed E-state index contributed by atoms with van der Waals surface area (Å²) in [6, 6.07) is 20.2. The Bertz CT molecular complexity index is 1320. The van der Waals surface area contributed by atoms with Gasteiger partial charge in [0.2, 0.25) is 5.95 Å². The van der Waals surface area contributed by atoms with Crippen LogP contribution in [0.25, 0.3) is 11.3 Å². The molecule has 4 aromatic rings. The third-order valence-corrected chi connectivity index (χ3v) is 4.80. The van der Waals surface area contributed by atoms with Crippen LogP contribution in [0.5, 0.6) is 0 Å². The number of aryl methyl sites for hydroxylation is 2. The number of alkyl halides is 3. The first-order valence-electron chi connectivity index (χ1n) is 10.1. The Balaban J connectivity index is 1.65. The number of benzene rings is 3. The van der Waals surface area contributed by atoms with E-state index >= 15 is 0 Å². The van der Waals surface area contributed by atoms with Gasteiger partial charge in [0, 0.05) is 17.4 Å². The van der Waals surface area contributed by atoms with Crippen molar-refractivity contribution >= 4 is 23.0 Å². The van der Waals surface area contributed by atoms with Crippen molar-refractivity contribution in [1.29, 1.82) is 0 Å². The number of aromatic nitrogens is 2. The molecule has 0 saturated carbocycles. The van der Waals surface area contributed by atoms with E-state index in [2.05, 4.69) is 25.5 Å². The zero-order valence-electron chi connectivity index (χ0n) is 17.9. The minimum absolute atomic E-state index is 0.260. The number of nitrogens with zero attached hydrogens (tertiary/aromatic N) is 4. The second-order valence-corrected chi connectivity index (χ2v) is 7.53. The number of nitrogens with one attached hydrogen (secondary N) is 1. The fourth-order valence-corrected chi connectivity index (χ4v) is 3.25. The predicted octanol–water partition coefficient (Wildman–Crippen LogP) is 7.94. The van der Waals surface area contributed by atoms with E-state index in [1.807, 2.05) is 44.2 Å². The van der Waals surface area contributed by atoms with Gasteiger partial charge in [-0.05, 0) is 61.9 Å². The Hall–Kier alpha value is -4.07. The van der Waals surface area contributed by atoms with Gasteiger partial charge in [0.15, 0.2) is 0 Å². The highest BCUT2D eigenvalue weighted by molar-refractivity contribution is 5.65. The van der Waals surface area contributed by atoms with E-state index in [1.54, 1.807) is 30.5 Å². The molecule has 0 spiro atoms. The molecular formula is C25H20F3N5. The number of hydrogen-bond acceptors (Lipinski definition) is 5. The monoisotopic (exact) mass is 447 g/mol. The summed E-state index contributed by atoms with van der Waals surface area (Å²) in [5.74, 6) is 0.260. The lowest BCUT2D eigenvalue weighted by Gasteiger charge is -2.12. The van der Waals surface area contributed by atoms with Crippen molar-refractivity contribution in [3.63, 3.8) is 0 Å². The summed E-state index contributed by atoms with van der Waals surface area (Å²) >= 11 is 0. The van der Waals surface area contributed by atoms with E-state index < -0.39 is 11.7 Å². The molecule has 33 heavy (non-hydrogen) atoms. The average Bonchev–Trinajstić information content (AvgIpc) is 2.77. The molecule has 0 fully saturated rings. The highest BCUT2D eigenvalue weighted by Crippen LogP contribution is 2.39. The maximum absolute atomic E-state index is 13.5. The van der Waals surface area contributed by atoms with Crippen LogP contribution in [0.15, 0.2) is 89.2 Å². The van der Waals surface area contributed by atoms with E-state index in [0.717, 1.165) is 22.8 Å². The number of halogens is 3. The average molecular weight is 447 g/mol. The van der Waals surface area contributed by atoms with Crippen molar-refractivity contribution in [3.8, 4) is 11.3 Å². The number of hydrogen-bond donors (Lipinski definition) is 1. The van der Waals surface area contributed by atoms with Crippen molar-refractivity contribution in [2.75, 3.05) is 5.32 Å². The van der Waals surface area contributed by atoms with Crippen molar-refractivity contribution < 1.29 is 13.2 Å². The highest BCUT2D eigenvalue weighted by Gasteiger charge is 2.33. The molecule has 1 heterocycles. The molecule has 0 aliphatic heterocycles. The van der Waals surface area contributed by atoms with Gasteiger partial charge in [-0.3, -0.25) is 0 Å². The van der Waals surface area contributed by atoms with Crippen LogP contribution < -0.4 is 5.32 Å². The summed E-state index contributed by atoms with van der Waals surface area (Å²) in [7, 11) is 0. The molecule has 1 aromatic heterocycles. The summed E-state index contributed by atoms with van der Waals surface area (Å²) in [5.41, 5.74) is 3.29. The third kappa shape index (κ3) is 5.60. The summed E-state index contributed by atoms with van der Waals surface area (Å²) in [6.07, 6.45) is -2.98. The van der Waals surface area contributed by atoms with Crippen LogP contribution in [-0.4, -0.2) is 9.97 Å². The Morgan fingerprint density at radius 1 is 0.818 bits per heavy atom. The lowest BCUT2D eigenvalue weighted by molar-refractivity contribution is -0.137. The largest absolute Gasteiger partial charge is 0.418 e. The van der Waals surface area contributed by atoms with Crippen molar-refractivity contribution in [3.05, 3.63) is 95.7 Å². The summed E-state index contributed by atoms with van der Waals surface area (Å²) < 4.78 is 40.6. The van der Waals surface area contributed by atoms with Crippen LogP contribution in [0.2, 0.25) is 0 Å². The fourth-order valence-electron chi connectivity index (χ4n) is 3.25. The Labute approximate surface area is 189 Å². The Kier molecular flexibility index (Phi) is 6.17. The lowest BCUT2D eigenvalue weighted by Crippen LogP contribution is -2.06. The standard InChI is InChI=1S/C25H20F3N5/c1-16-5-3-7-18(13-16)22-11-12-29-24(31-22)30-19-9-10-21(25(26,27)28)23(15-19)33-32-20-8-4-6-17(2)14-20/h3-15H,1-2H3,(H,29,30,31)/b33-32+. The predicted molar refractivity (Wildman–Crippen MR) is 122 cm³/mol. The van der Waals surface area contributed by atoms with Crippen LogP contribution in [-0.2, 0) is 6.18 Å². The van der Waals surface area contributed by atoms with E-state index in [1.165, 1.54) is 12.1 Å². The molecule has 1 N–H and O–H groups in total. The number of rotatable bonds is 5. The number of anilines is 2. The van der Waals surface area contributed by atoms with Crippen LogP contribution in [0.1, 0.15) is 16.7 Å². The lowest BCUT2D eigenvalue weighted by atomic mass is 10.1. The Morgan fingerprint density at radius 3 is 2.30 bits per heavy atom. The minimum atomic E-state index is -4.57. The van der Waals surface area contributed by atoms with Crippen molar-refractivity contribution in [1.82, 2.24) is 9.97 Å². The van der Waals surface area contributed by atoms with Gasteiger partial charge >= 0.3 is 6.18 Å². The van der Waals surface area contributed by atoms with Gasteiger partial charge < -0.3 is 5.32 Å². The molecule has 0 amide bonds. The first kappa shape index (κ1) is 22.1. The molecule has 3 aromatic carbocycles. The van der Waals surface area contributed by atoms with Gasteiger partial charge in [0.05, 0.1) is 22.6 Å². The molecule has 0 radical (unpaired) electrons. The SMILES string of the molecule is Cc1cccc(/N=N/c2cc(Nc3nccc(-c4cccc(C)c4)n3)ccc2C(F)(F)F)c1. The van der Waals surface area contributed by atoms with Gasteiger partial charge in [-0.25, -0.2) is 9.97 Å². The second-order valence-electron chi connectivity index (χ2n) is 7.53. The highest BCUT2D eigenvalue weighted by atomic mass is 19.4.